The van der Waals surface area contributed by atoms with Crippen LogP contribution in [0.1, 0.15) is 11.6 Å². The second kappa shape index (κ2) is 3.86. The lowest BCUT2D eigenvalue weighted by molar-refractivity contribution is 0.0769. The lowest BCUT2D eigenvalue weighted by Gasteiger charge is -2.24. The lowest BCUT2D eigenvalue weighted by atomic mass is 10.1. The Balaban J connectivity index is 2.18. The van der Waals surface area contributed by atoms with Crippen molar-refractivity contribution in [2.75, 3.05) is 25.5 Å². The number of phenols is 1. The summed E-state index contributed by atoms with van der Waals surface area (Å²) in [6.45, 7) is 2.26. The largest absolute Gasteiger partial charge is 0.506 e. The molecule has 1 saturated heterocycles. The minimum absolute atomic E-state index is 0.130. The summed E-state index contributed by atoms with van der Waals surface area (Å²) in [5.41, 5.74) is 7.08. The van der Waals surface area contributed by atoms with E-state index in [1.807, 2.05) is 6.07 Å². The highest BCUT2D eigenvalue weighted by Gasteiger charge is 2.15. The highest BCUT2D eigenvalue weighted by molar-refractivity contribution is 5.53. The van der Waals surface area contributed by atoms with Crippen LogP contribution in [0.2, 0.25) is 0 Å². The van der Waals surface area contributed by atoms with Gasteiger partial charge in [0.2, 0.25) is 0 Å². The molecule has 0 bridgehead atoms. The molecular weight excluding hydrogens is 180 g/mol. The van der Waals surface area contributed by atoms with Gasteiger partial charge in [-0.05, 0) is 17.7 Å². The van der Waals surface area contributed by atoms with Gasteiger partial charge in [-0.15, -0.1) is 0 Å². The van der Waals surface area contributed by atoms with Crippen molar-refractivity contribution < 1.29 is 9.84 Å². The fourth-order valence-electron chi connectivity index (χ4n) is 1.57. The van der Waals surface area contributed by atoms with Gasteiger partial charge in [0.1, 0.15) is 5.75 Å². The van der Waals surface area contributed by atoms with Gasteiger partial charge in [-0.1, -0.05) is 6.07 Å². The Labute approximate surface area is 82.7 Å². The number of rotatable bonds is 1. The van der Waals surface area contributed by atoms with E-state index in [1.54, 1.807) is 12.1 Å². The van der Waals surface area contributed by atoms with Crippen LogP contribution in [0.25, 0.3) is 0 Å². The zero-order valence-electron chi connectivity index (χ0n) is 7.86. The van der Waals surface area contributed by atoms with Crippen molar-refractivity contribution >= 4 is 5.69 Å². The molecule has 1 aromatic carbocycles. The number of nitrogens with two attached hydrogens (primary N) is 1. The number of benzene rings is 1. The summed E-state index contributed by atoms with van der Waals surface area (Å²) in [6.07, 6.45) is 0. The topological polar surface area (TPSA) is 67.5 Å². The van der Waals surface area contributed by atoms with Crippen molar-refractivity contribution in [1.82, 2.24) is 5.32 Å². The molecule has 1 heterocycles. The number of ether oxygens (including phenoxy) is 1. The van der Waals surface area contributed by atoms with Gasteiger partial charge in [-0.2, -0.15) is 0 Å². The molecule has 1 aromatic rings. The van der Waals surface area contributed by atoms with Crippen molar-refractivity contribution in [3.8, 4) is 5.75 Å². The summed E-state index contributed by atoms with van der Waals surface area (Å²) in [6, 6.07) is 5.44. The van der Waals surface area contributed by atoms with Gasteiger partial charge < -0.3 is 20.9 Å². The number of nitrogen functional groups attached to an aromatic ring is 1. The average molecular weight is 194 g/mol. The Morgan fingerprint density at radius 3 is 3.00 bits per heavy atom. The molecule has 4 N–H and O–H groups in total. The van der Waals surface area contributed by atoms with Crippen LogP contribution in [0.4, 0.5) is 5.69 Å². The van der Waals surface area contributed by atoms with Gasteiger partial charge in [-0.3, -0.25) is 0 Å². The maximum Gasteiger partial charge on any atom is 0.138 e. The number of hydrogen-bond donors (Lipinski definition) is 3. The van der Waals surface area contributed by atoms with Gasteiger partial charge in [0.15, 0.2) is 0 Å². The number of anilines is 1. The number of nitrogens with one attached hydrogen (secondary N) is 1. The first-order chi connectivity index (χ1) is 6.77. The van der Waals surface area contributed by atoms with Crippen molar-refractivity contribution in [3.05, 3.63) is 23.8 Å². The van der Waals surface area contributed by atoms with E-state index in [9.17, 15) is 5.11 Å². The third kappa shape index (κ3) is 1.81. The summed E-state index contributed by atoms with van der Waals surface area (Å²) in [5.74, 6) is 0.130. The first-order valence-corrected chi connectivity index (χ1v) is 4.67. The summed E-state index contributed by atoms with van der Waals surface area (Å²) in [7, 11) is 0. The monoisotopic (exact) mass is 194 g/mol. The average Bonchev–Trinajstić information content (AvgIpc) is 2.23. The smallest absolute Gasteiger partial charge is 0.138 e. The van der Waals surface area contributed by atoms with Gasteiger partial charge in [0.25, 0.3) is 0 Å². The highest BCUT2D eigenvalue weighted by Crippen LogP contribution is 2.24. The summed E-state index contributed by atoms with van der Waals surface area (Å²) in [5, 5.41) is 12.6. The Morgan fingerprint density at radius 1 is 1.50 bits per heavy atom. The van der Waals surface area contributed by atoms with Crippen molar-refractivity contribution in [2.24, 2.45) is 0 Å². The standard InChI is InChI=1S/C10H14N2O2/c11-8-5-7(1-2-10(8)13)9-6-14-4-3-12-9/h1-2,5,9,12-13H,3-4,6,11H2/t9-/m0/s1. The van der Waals surface area contributed by atoms with Crippen LogP contribution < -0.4 is 11.1 Å². The Morgan fingerprint density at radius 2 is 2.36 bits per heavy atom. The molecule has 4 heteroatoms. The molecule has 2 rings (SSSR count). The molecule has 0 spiro atoms. The molecular formula is C10H14N2O2. The molecule has 1 fully saturated rings. The Bertz CT molecular complexity index is 322. The first-order valence-electron chi connectivity index (χ1n) is 4.67. The van der Waals surface area contributed by atoms with Crippen molar-refractivity contribution in [3.63, 3.8) is 0 Å². The van der Waals surface area contributed by atoms with Crippen LogP contribution in [0.3, 0.4) is 0 Å². The van der Waals surface area contributed by atoms with Crippen molar-refractivity contribution in [1.29, 1.82) is 0 Å². The first kappa shape index (κ1) is 9.30. The molecule has 0 radical (unpaired) electrons. The summed E-state index contributed by atoms with van der Waals surface area (Å²) >= 11 is 0. The third-order valence-electron chi connectivity index (χ3n) is 2.38. The normalized spacial score (nSPS) is 22.1. The molecule has 76 valence electrons. The second-order valence-corrected chi connectivity index (χ2v) is 3.40. The predicted molar refractivity (Wildman–Crippen MR) is 54.1 cm³/mol. The van der Waals surface area contributed by atoms with Crippen LogP contribution in [-0.4, -0.2) is 24.9 Å². The van der Waals surface area contributed by atoms with E-state index in [4.69, 9.17) is 10.5 Å². The third-order valence-corrected chi connectivity index (χ3v) is 2.38. The molecule has 0 unspecified atom stereocenters. The van der Waals surface area contributed by atoms with E-state index in [1.165, 1.54) is 0 Å². The molecule has 1 aliphatic rings. The van der Waals surface area contributed by atoms with Gasteiger partial charge in [0, 0.05) is 6.54 Å². The van der Waals surface area contributed by atoms with Gasteiger partial charge in [-0.25, -0.2) is 0 Å². The molecule has 0 amide bonds. The van der Waals surface area contributed by atoms with E-state index in [2.05, 4.69) is 5.32 Å². The maximum absolute atomic E-state index is 9.27. The fraction of sp³-hybridized carbons (Fsp3) is 0.400. The molecule has 0 aromatic heterocycles. The van der Waals surface area contributed by atoms with E-state index in [0.717, 1.165) is 18.7 Å². The number of phenolic OH excluding ortho intramolecular Hbond substituents is 1. The molecule has 0 aliphatic carbocycles. The number of hydrogen-bond acceptors (Lipinski definition) is 4. The predicted octanol–water partition coefficient (Wildman–Crippen LogP) is 0.635. The number of aromatic hydroxyl groups is 1. The Kier molecular flexibility index (Phi) is 2.56. The highest BCUT2D eigenvalue weighted by atomic mass is 16.5. The lowest BCUT2D eigenvalue weighted by Crippen LogP contribution is -2.34. The van der Waals surface area contributed by atoms with Crippen LogP contribution in [-0.2, 0) is 4.74 Å². The fourth-order valence-corrected chi connectivity index (χ4v) is 1.57. The van der Waals surface area contributed by atoms with Crippen molar-refractivity contribution in [2.45, 2.75) is 6.04 Å². The molecule has 4 nitrogen and oxygen atoms in total. The summed E-state index contributed by atoms with van der Waals surface area (Å²) in [4.78, 5) is 0. The molecule has 0 saturated carbocycles. The molecule has 1 aliphatic heterocycles. The van der Waals surface area contributed by atoms with Crippen LogP contribution in [0.15, 0.2) is 18.2 Å². The number of morpholine rings is 1. The summed E-state index contributed by atoms with van der Waals surface area (Å²) < 4.78 is 5.34. The minimum Gasteiger partial charge on any atom is -0.506 e. The van der Waals surface area contributed by atoms with E-state index < -0.39 is 0 Å². The van der Waals surface area contributed by atoms with Crippen LogP contribution in [0, 0.1) is 0 Å². The van der Waals surface area contributed by atoms with E-state index in [-0.39, 0.29) is 11.8 Å². The van der Waals surface area contributed by atoms with E-state index >= 15 is 0 Å². The minimum atomic E-state index is 0.130. The van der Waals surface area contributed by atoms with Crippen LogP contribution in [0.5, 0.6) is 5.75 Å². The maximum atomic E-state index is 9.27. The quantitative estimate of drug-likeness (QED) is 0.453. The second-order valence-electron chi connectivity index (χ2n) is 3.40. The van der Waals surface area contributed by atoms with Crippen LogP contribution >= 0.6 is 0 Å². The molecule has 1 atom stereocenters. The van der Waals surface area contributed by atoms with Gasteiger partial charge >= 0.3 is 0 Å². The Hall–Kier alpha value is -1.26. The van der Waals surface area contributed by atoms with Gasteiger partial charge in [0.05, 0.1) is 24.9 Å². The SMILES string of the molecule is Nc1cc([C@@H]2COCCN2)ccc1O. The zero-order valence-corrected chi connectivity index (χ0v) is 7.86. The van der Waals surface area contributed by atoms with E-state index in [0.29, 0.717) is 12.3 Å². The molecule has 14 heavy (non-hydrogen) atoms. The zero-order chi connectivity index (χ0) is 9.97.